The summed E-state index contributed by atoms with van der Waals surface area (Å²) in [4.78, 5) is 14.7. The molecule has 1 amide bonds. The number of para-hydroxylation sites is 1. The summed E-state index contributed by atoms with van der Waals surface area (Å²) in [5.41, 5.74) is 3.10. The molecule has 3 aromatic rings. The van der Waals surface area contributed by atoms with E-state index in [1.807, 2.05) is 17.0 Å². The highest BCUT2D eigenvalue weighted by atomic mass is 32.2. The molecule has 1 saturated heterocycles. The van der Waals surface area contributed by atoms with E-state index in [-0.39, 0.29) is 5.91 Å². The van der Waals surface area contributed by atoms with Crippen molar-refractivity contribution in [1.29, 1.82) is 0 Å². The molecule has 2 atom stereocenters. The summed E-state index contributed by atoms with van der Waals surface area (Å²) in [6, 6.07) is 10.3. The van der Waals surface area contributed by atoms with Crippen molar-refractivity contribution in [1.82, 2.24) is 19.5 Å². The Labute approximate surface area is 157 Å². The Balaban J connectivity index is 1.58. The van der Waals surface area contributed by atoms with Crippen molar-refractivity contribution in [2.75, 3.05) is 18.8 Å². The number of benzene rings is 1. The lowest BCUT2D eigenvalue weighted by atomic mass is 9.92. The van der Waals surface area contributed by atoms with Crippen LogP contribution in [0.4, 0.5) is 0 Å². The minimum atomic E-state index is 0.196. The molecule has 26 heavy (non-hydrogen) atoms. The average Bonchev–Trinajstić information content (AvgIpc) is 3.02. The fourth-order valence-corrected chi connectivity index (χ4v) is 4.91. The molecule has 0 aliphatic carbocycles. The smallest absolute Gasteiger partial charge is 0.233 e. The Morgan fingerprint density at radius 3 is 2.69 bits per heavy atom. The Morgan fingerprint density at radius 2 is 1.92 bits per heavy atom. The van der Waals surface area contributed by atoms with Crippen LogP contribution in [0.5, 0.6) is 0 Å². The second-order valence-electron chi connectivity index (χ2n) is 7.55. The zero-order chi connectivity index (χ0) is 18.3. The van der Waals surface area contributed by atoms with Crippen molar-refractivity contribution in [3.8, 4) is 0 Å². The number of rotatable bonds is 3. The number of carbonyl (C=O) groups is 1. The number of amides is 1. The molecule has 5 nitrogen and oxygen atoms in total. The van der Waals surface area contributed by atoms with Gasteiger partial charge < -0.3 is 4.90 Å². The Bertz CT molecular complexity index is 957. The second kappa shape index (κ2) is 6.91. The molecular weight excluding hydrogens is 344 g/mol. The molecule has 0 unspecified atom stereocenters. The maximum atomic E-state index is 12.7. The molecule has 1 aliphatic rings. The first-order valence-electron chi connectivity index (χ1n) is 9.17. The molecule has 0 saturated carbocycles. The van der Waals surface area contributed by atoms with Gasteiger partial charge in [-0.05, 0) is 42.9 Å². The Kier molecular flexibility index (Phi) is 4.61. The molecule has 3 heterocycles. The molecular formula is C20H24N4OS. The molecule has 4 rings (SSSR count). The number of nitrogens with zero attached hydrogens (tertiary/aromatic N) is 4. The zero-order valence-corrected chi connectivity index (χ0v) is 16.3. The van der Waals surface area contributed by atoms with Gasteiger partial charge in [-0.25, -0.2) is 0 Å². The van der Waals surface area contributed by atoms with Gasteiger partial charge in [-0.3, -0.25) is 9.20 Å². The second-order valence-corrected chi connectivity index (χ2v) is 8.50. The number of hydrogen-bond donors (Lipinski definition) is 0. The third-order valence-electron chi connectivity index (χ3n) is 5.12. The number of thioether (sulfide) groups is 1. The van der Waals surface area contributed by atoms with E-state index in [1.54, 1.807) is 0 Å². The predicted molar refractivity (Wildman–Crippen MR) is 105 cm³/mol. The van der Waals surface area contributed by atoms with Crippen molar-refractivity contribution in [2.45, 2.75) is 32.3 Å². The largest absolute Gasteiger partial charge is 0.341 e. The number of aryl methyl sites for hydroxylation is 1. The van der Waals surface area contributed by atoms with Gasteiger partial charge in [0.1, 0.15) is 0 Å². The van der Waals surface area contributed by atoms with E-state index in [2.05, 4.69) is 53.6 Å². The summed E-state index contributed by atoms with van der Waals surface area (Å²) in [6.45, 7) is 8.28. The van der Waals surface area contributed by atoms with E-state index in [0.29, 0.717) is 17.6 Å². The van der Waals surface area contributed by atoms with Gasteiger partial charge in [-0.15, -0.1) is 10.2 Å². The number of piperidine rings is 1. The van der Waals surface area contributed by atoms with Crippen LogP contribution in [0, 0.1) is 18.8 Å². The molecule has 1 aromatic carbocycles. The summed E-state index contributed by atoms with van der Waals surface area (Å²) < 4.78 is 2.06. The third-order valence-corrected chi connectivity index (χ3v) is 6.03. The van der Waals surface area contributed by atoms with Gasteiger partial charge in [-0.1, -0.05) is 43.8 Å². The zero-order valence-electron chi connectivity index (χ0n) is 15.5. The van der Waals surface area contributed by atoms with E-state index < -0.39 is 0 Å². The number of carbonyl (C=O) groups excluding carboxylic acids is 1. The molecule has 1 fully saturated rings. The van der Waals surface area contributed by atoms with E-state index in [9.17, 15) is 4.79 Å². The minimum Gasteiger partial charge on any atom is -0.341 e. The van der Waals surface area contributed by atoms with E-state index >= 15 is 0 Å². The van der Waals surface area contributed by atoms with Crippen LogP contribution in [0.25, 0.3) is 16.6 Å². The van der Waals surface area contributed by atoms with Crippen molar-refractivity contribution in [3.63, 3.8) is 0 Å². The van der Waals surface area contributed by atoms with Crippen LogP contribution in [-0.2, 0) is 4.79 Å². The highest BCUT2D eigenvalue weighted by Crippen LogP contribution is 2.27. The minimum absolute atomic E-state index is 0.196. The topological polar surface area (TPSA) is 50.5 Å². The molecule has 6 heteroatoms. The van der Waals surface area contributed by atoms with Crippen molar-refractivity contribution < 1.29 is 4.79 Å². The Morgan fingerprint density at radius 1 is 1.19 bits per heavy atom. The summed E-state index contributed by atoms with van der Waals surface area (Å²) in [5, 5.41) is 10.6. The maximum absolute atomic E-state index is 12.7. The quantitative estimate of drug-likeness (QED) is 0.660. The Hall–Kier alpha value is -2.08. The monoisotopic (exact) mass is 368 g/mol. The van der Waals surface area contributed by atoms with Crippen LogP contribution >= 0.6 is 11.8 Å². The van der Waals surface area contributed by atoms with Crippen LogP contribution in [0.1, 0.15) is 25.8 Å². The first kappa shape index (κ1) is 17.3. The van der Waals surface area contributed by atoms with Crippen molar-refractivity contribution in [2.24, 2.45) is 11.8 Å². The van der Waals surface area contributed by atoms with Gasteiger partial charge in [-0.2, -0.15) is 0 Å². The normalized spacial score (nSPS) is 20.8. The summed E-state index contributed by atoms with van der Waals surface area (Å²) in [6.07, 6.45) is 1.21. The molecule has 2 aromatic heterocycles. The number of likely N-dealkylation sites (tertiary alicyclic amines) is 1. The van der Waals surface area contributed by atoms with Gasteiger partial charge in [0, 0.05) is 18.5 Å². The van der Waals surface area contributed by atoms with Crippen LogP contribution in [0.2, 0.25) is 0 Å². The van der Waals surface area contributed by atoms with Gasteiger partial charge >= 0.3 is 0 Å². The predicted octanol–water partition coefficient (Wildman–Crippen LogP) is 3.79. The lowest BCUT2D eigenvalue weighted by Crippen LogP contribution is -2.43. The molecule has 0 radical (unpaired) electrons. The number of aromatic nitrogens is 3. The van der Waals surface area contributed by atoms with E-state index in [1.165, 1.54) is 29.1 Å². The molecule has 0 N–H and O–H groups in total. The first-order chi connectivity index (χ1) is 12.5. The van der Waals surface area contributed by atoms with Gasteiger partial charge in [0.15, 0.2) is 10.8 Å². The van der Waals surface area contributed by atoms with Gasteiger partial charge in [0.05, 0.1) is 11.3 Å². The number of pyridine rings is 1. The summed E-state index contributed by atoms with van der Waals surface area (Å²) >= 11 is 1.48. The lowest BCUT2D eigenvalue weighted by molar-refractivity contribution is -0.130. The standard InChI is InChI=1S/C20H24N4OS/c1-13-8-14(2)11-23(10-13)19(25)12-26-20-22-21-18-9-15(3)16-6-4-5-7-17(16)24(18)20/h4-7,9,13-14H,8,10-12H2,1-3H3/t13-,14-/m1/s1. The summed E-state index contributed by atoms with van der Waals surface area (Å²) in [5.74, 6) is 1.76. The average molecular weight is 369 g/mol. The van der Waals surface area contributed by atoms with Crippen LogP contribution in [-0.4, -0.2) is 44.2 Å². The highest BCUT2D eigenvalue weighted by Gasteiger charge is 2.25. The van der Waals surface area contributed by atoms with Crippen molar-refractivity contribution in [3.05, 3.63) is 35.9 Å². The third kappa shape index (κ3) is 3.18. The fourth-order valence-electron chi connectivity index (χ4n) is 4.05. The highest BCUT2D eigenvalue weighted by molar-refractivity contribution is 7.99. The SMILES string of the molecule is Cc1cc2nnc(SCC(=O)N3C[C@H](C)C[C@@H](C)C3)n2c2ccccc12. The van der Waals surface area contributed by atoms with Crippen LogP contribution < -0.4 is 0 Å². The van der Waals surface area contributed by atoms with Gasteiger partial charge in [0.2, 0.25) is 5.91 Å². The molecule has 0 bridgehead atoms. The lowest BCUT2D eigenvalue weighted by Gasteiger charge is -2.34. The molecule has 0 spiro atoms. The van der Waals surface area contributed by atoms with Gasteiger partial charge in [0.25, 0.3) is 0 Å². The fraction of sp³-hybridized carbons (Fsp3) is 0.450. The van der Waals surface area contributed by atoms with E-state index in [0.717, 1.165) is 29.4 Å². The number of fused-ring (bicyclic) bond motifs is 3. The van der Waals surface area contributed by atoms with E-state index in [4.69, 9.17) is 0 Å². The maximum Gasteiger partial charge on any atom is 0.233 e. The van der Waals surface area contributed by atoms with Crippen LogP contribution in [0.15, 0.2) is 35.5 Å². The molecule has 136 valence electrons. The number of hydrogen-bond acceptors (Lipinski definition) is 4. The molecule has 1 aliphatic heterocycles. The first-order valence-corrected chi connectivity index (χ1v) is 10.2. The van der Waals surface area contributed by atoms with Crippen LogP contribution in [0.3, 0.4) is 0 Å². The van der Waals surface area contributed by atoms with Crippen molar-refractivity contribution >= 4 is 34.2 Å². The summed E-state index contributed by atoms with van der Waals surface area (Å²) in [7, 11) is 0.